The summed E-state index contributed by atoms with van der Waals surface area (Å²) < 4.78 is 32.8. The monoisotopic (exact) mass is 444 g/mol. The largest absolute Gasteiger partial charge is 0.497 e. The second-order valence-electron chi connectivity index (χ2n) is 8.33. The third-order valence-corrected chi connectivity index (χ3v) is 6.37. The summed E-state index contributed by atoms with van der Waals surface area (Å²) in [6.45, 7) is 10.7. The van der Waals surface area contributed by atoms with Crippen LogP contribution in [0, 0.1) is 0 Å². The first-order chi connectivity index (χ1) is 14.6. The molecule has 2 rings (SSSR count). The highest BCUT2D eigenvalue weighted by atomic mass is 32.2. The van der Waals surface area contributed by atoms with Gasteiger partial charge in [0.2, 0.25) is 15.9 Å². The number of benzene rings is 2. The molecule has 0 heterocycles. The van der Waals surface area contributed by atoms with Gasteiger partial charge in [-0.05, 0) is 40.8 Å². The van der Waals surface area contributed by atoms with Gasteiger partial charge < -0.3 is 9.64 Å². The third-order valence-electron chi connectivity index (χ3n) is 4.90. The van der Waals surface area contributed by atoms with Gasteiger partial charge in [-0.15, -0.1) is 6.58 Å². The van der Waals surface area contributed by atoms with E-state index in [1.54, 1.807) is 30.2 Å². The van der Waals surface area contributed by atoms with Crippen molar-refractivity contribution in [1.29, 1.82) is 0 Å². The maximum Gasteiger partial charge on any atom is 0.240 e. The number of hydrogen-bond donors (Lipinski definition) is 1. The molecule has 6 nitrogen and oxygen atoms in total. The van der Waals surface area contributed by atoms with E-state index in [1.165, 1.54) is 0 Å². The zero-order valence-corrected chi connectivity index (χ0v) is 19.5. The molecule has 0 saturated heterocycles. The number of nitrogens with zero attached hydrogens (tertiary/aromatic N) is 1. The molecule has 0 bridgehead atoms. The van der Waals surface area contributed by atoms with Crippen LogP contribution in [0.1, 0.15) is 38.3 Å². The van der Waals surface area contributed by atoms with Gasteiger partial charge in [-0.2, -0.15) is 0 Å². The summed E-state index contributed by atoms with van der Waals surface area (Å²) in [7, 11) is -2.08. The van der Waals surface area contributed by atoms with Gasteiger partial charge in [0.25, 0.3) is 0 Å². The van der Waals surface area contributed by atoms with Crippen LogP contribution < -0.4 is 9.46 Å². The van der Waals surface area contributed by atoms with Crippen molar-refractivity contribution in [3.8, 4) is 5.75 Å². The van der Waals surface area contributed by atoms with Crippen LogP contribution in [0.2, 0.25) is 0 Å². The van der Waals surface area contributed by atoms with Crippen molar-refractivity contribution in [3.63, 3.8) is 0 Å². The van der Waals surface area contributed by atoms with Crippen molar-refractivity contribution in [3.05, 3.63) is 72.3 Å². The molecule has 0 aliphatic carbocycles. The van der Waals surface area contributed by atoms with Gasteiger partial charge in [-0.25, -0.2) is 13.1 Å². The van der Waals surface area contributed by atoms with E-state index in [9.17, 15) is 13.2 Å². The summed E-state index contributed by atoms with van der Waals surface area (Å²) in [5.74, 6) is 0.594. The lowest BCUT2D eigenvalue weighted by Crippen LogP contribution is -2.34. The molecule has 0 aliphatic rings. The average molecular weight is 445 g/mol. The Morgan fingerprint density at radius 3 is 2.23 bits per heavy atom. The minimum atomic E-state index is -3.68. The zero-order chi connectivity index (χ0) is 23.1. The number of ether oxygens (including phenoxy) is 1. The Morgan fingerprint density at radius 1 is 1.10 bits per heavy atom. The average Bonchev–Trinajstić information content (AvgIpc) is 2.73. The number of sulfonamides is 1. The first-order valence-electron chi connectivity index (χ1n) is 10.2. The maximum absolute atomic E-state index is 12.7. The number of carbonyl (C=O) groups is 1. The summed E-state index contributed by atoms with van der Waals surface area (Å²) in [5.41, 5.74) is 1.96. The quantitative estimate of drug-likeness (QED) is 0.565. The molecular weight excluding hydrogens is 412 g/mol. The highest BCUT2D eigenvalue weighted by Crippen LogP contribution is 2.23. The fourth-order valence-electron chi connectivity index (χ4n) is 3.03. The molecule has 0 radical (unpaired) electrons. The SMILES string of the molecule is C=CCN(Cc1ccc(OC)cc1)C(=O)CCNS(=O)(=O)c1ccc(C(C)(C)C)cc1. The first kappa shape index (κ1) is 24.6. The molecule has 7 heteroatoms. The van der Waals surface area contributed by atoms with Gasteiger partial charge in [-0.3, -0.25) is 4.79 Å². The molecule has 0 saturated carbocycles. The van der Waals surface area contributed by atoms with E-state index >= 15 is 0 Å². The number of carbonyl (C=O) groups excluding carboxylic acids is 1. The van der Waals surface area contributed by atoms with Gasteiger partial charge in [0.05, 0.1) is 12.0 Å². The summed E-state index contributed by atoms with van der Waals surface area (Å²) >= 11 is 0. The number of hydrogen-bond acceptors (Lipinski definition) is 4. The fraction of sp³-hybridized carbons (Fsp3) is 0.375. The lowest BCUT2D eigenvalue weighted by atomic mass is 9.87. The van der Waals surface area contributed by atoms with Crippen molar-refractivity contribution in [2.24, 2.45) is 0 Å². The molecule has 1 amide bonds. The van der Waals surface area contributed by atoms with Crippen molar-refractivity contribution >= 4 is 15.9 Å². The van der Waals surface area contributed by atoms with Crippen molar-refractivity contribution < 1.29 is 17.9 Å². The van der Waals surface area contributed by atoms with Crippen molar-refractivity contribution in [1.82, 2.24) is 9.62 Å². The molecule has 0 aliphatic heterocycles. The van der Waals surface area contributed by atoms with Crippen LogP contribution in [-0.2, 0) is 26.8 Å². The van der Waals surface area contributed by atoms with E-state index < -0.39 is 10.0 Å². The second-order valence-corrected chi connectivity index (χ2v) is 10.1. The predicted octanol–water partition coefficient (Wildman–Crippen LogP) is 3.88. The van der Waals surface area contributed by atoms with E-state index in [0.717, 1.165) is 16.9 Å². The molecule has 2 aromatic rings. The molecule has 1 N–H and O–H groups in total. The van der Waals surface area contributed by atoms with Gasteiger partial charge in [0.15, 0.2) is 0 Å². The van der Waals surface area contributed by atoms with Gasteiger partial charge in [0, 0.05) is 26.1 Å². The van der Waals surface area contributed by atoms with Crippen LogP contribution >= 0.6 is 0 Å². The maximum atomic E-state index is 12.7. The topological polar surface area (TPSA) is 75.7 Å². The molecule has 2 aromatic carbocycles. The standard InChI is InChI=1S/C24H32N2O4S/c1-6-17-26(18-19-7-11-21(30-5)12-8-19)23(27)15-16-25-31(28,29)22-13-9-20(10-14-22)24(2,3)4/h6-14,25H,1,15-18H2,2-5H3. The highest BCUT2D eigenvalue weighted by Gasteiger charge is 2.19. The molecule has 31 heavy (non-hydrogen) atoms. The third kappa shape index (κ3) is 7.22. The zero-order valence-electron chi connectivity index (χ0n) is 18.7. The molecule has 0 aromatic heterocycles. The van der Waals surface area contributed by atoms with Crippen molar-refractivity contribution in [2.75, 3.05) is 20.2 Å². The van der Waals surface area contributed by atoms with E-state index in [4.69, 9.17) is 4.74 Å². The molecule has 168 valence electrons. The van der Waals surface area contributed by atoms with Gasteiger partial charge in [-0.1, -0.05) is 51.1 Å². The Kier molecular flexibility index (Phi) is 8.42. The Balaban J connectivity index is 1.96. The minimum Gasteiger partial charge on any atom is -0.497 e. The van der Waals surface area contributed by atoms with E-state index in [1.807, 2.05) is 36.4 Å². The number of nitrogens with one attached hydrogen (secondary N) is 1. The van der Waals surface area contributed by atoms with Crippen LogP contribution in [0.5, 0.6) is 5.75 Å². The molecule has 0 unspecified atom stereocenters. The minimum absolute atomic E-state index is 0.0262. The molecule has 0 atom stereocenters. The smallest absolute Gasteiger partial charge is 0.240 e. The Bertz CT molecular complexity index is 976. The number of methoxy groups -OCH3 is 1. The van der Waals surface area contributed by atoms with Crippen LogP contribution in [-0.4, -0.2) is 39.4 Å². The van der Waals surface area contributed by atoms with E-state index in [2.05, 4.69) is 32.1 Å². The molecule has 0 spiro atoms. The summed E-state index contributed by atoms with van der Waals surface area (Å²) in [5, 5.41) is 0. The van der Waals surface area contributed by atoms with Crippen LogP contribution in [0.25, 0.3) is 0 Å². The molecule has 0 fully saturated rings. The summed E-state index contributed by atoms with van der Waals surface area (Å²) in [4.78, 5) is 14.5. The summed E-state index contributed by atoms with van der Waals surface area (Å²) in [6, 6.07) is 14.3. The predicted molar refractivity (Wildman–Crippen MR) is 124 cm³/mol. The molecular formula is C24H32N2O4S. The first-order valence-corrected chi connectivity index (χ1v) is 11.7. The normalized spacial score (nSPS) is 11.7. The summed E-state index contributed by atoms with van der Waals surface area (Å²) in [6.07, 6.45) is 1.71. The van der Waals surface area contributed by atoms with Gasteiger partial charge >= 0.3 is 0 Å². The van der Waals surface area contributed by atoms with E-state index in [0.29, 0.717) is 13.1 Å². The number of amides is 1. The number of rotatable bonds is 10. The van der Waals surface area contributed by atoms with Crippen molar-refractivity contribution in [2.45, 2.75) is 44.0 Å². The second kappa shape index (κ2) is 10.6. The van der Waals surface area contributed by atoms with Gasteiger partial charge in [0.1, 0.15) is 5.75 Å². The van der Waals surface area contributed by atoms with Crippen LogP contribution in [0.3, 0.4) is 0 Å². The van der Waals surface area contributed by atoms with Crippen LogP contribution in [0.4, 0.5) is 0 Å². The lowest BCUT2D eigenvalue weighted by molar-refractivity contribution is -0.131. The highest BCUT2D eigenvalue weighted by molar-refractivity contribution is 7.89. The van der Waals surface area contributed by atoms with E-state index in [-0.39, 0.29) is 29.2 Å². The fourth-order valence-corrected chi connectivity index (χ4v) is 4.06. The lowest BCUT2D eigenvalue weighted by Gasteiger charge is -2.22. The van der Waals surface area contributed by atoms with Crippen LogP contribution in [0.15, 0.2) is 66.1 Å². The Morgan fingerprint density at radius 2 is 1.71 bits per heavy atom. The Labute approximate surface area is 186 Å². The Hall–Kier alpha value is -2.64.